The van der Waals surface area contributed by atoms with Crippen molar-refractivity contribution in [2.75, 3.05) is 13.1 Å². The van der Waals surface area contributed by atoms with Crippen LogP contribution in [0.25, 0.3) is 0 Å². The summed E-state index contributed by atoms with van der Waals surface area (Å²) >= 11 is 0. The maximum atomic E-state index is 12.8. The van der Waals surface area contributed by atoms with E-state index in [0.29, 0.717) is 5.56 Å². The van der Waals surface area contributed by atoms with E-state index in [0.717, 1.165) is 0 Å². The largest absolute Gasteiger partial charge is 0.633 e. The van der Waals surface area contributed by atoms with Gasteiger partial charge in [-0.3, -0.25) is 4.79 Å². The Labute approximate surface area is 92.1 Å². The summed E-state index contributed by atoms with van der Waals surface area (Å²) in [7, 11) is 0. The number of hydroxylamine groups is 3. The van der Waals surface area contributed by atoms with Crippen molar-refractivity contribution in [3.05, 3.63) is 40.9 Å². The van der Waals surface area contributed by atoms with Crippen LogP contribution in [0.2, 0.25) is 0 Å². The second-order valence-electron chi connectivity index (χ2n) is 4.16. The van der Waals surface area contributed by atoms with E-state index in [1.165, 1.54) is 12.1 Å². The SMILES string of the molecule is O=C(O)[C@H]1C[N@+]([O-])(Cc2cc[c]c(F)c2)C1. The van der Waals surface area contributed by atoms with Crippen LogP contribution in [0.1, 0.15) is 5.56 Å². The summed E-state index contributed by atoms with van der Waals surface area (Å²) in [4.78, 5) is 10.6. The molecule has 1 fully saturated rings. The first-order chi connectivity index (χ1) is 7.48. The van der Waals surface area contributed by atoms with E-state index < -0.39 is 22.4 Å². The van der Waals surface area contributed by atoms with Crippen molar-refractivity contribution in [3.63, 3.8) is 0 Å². The van der Waals surface area contributed by atoms with Gasteiger partial charge in [-0.1, -0.05) is 12.1 Å². The number of nitrogens with zero attached hydrogens (tertiary/aromatic N) is 1. The summed E-state index contributed by atoms with van der Waals surface area (Å²) in [5.41, 5.74) is 0.579. The summed E-state index contributed by atoms with van der Waals surface area (Å²) in [6.07, 6.45) is 0. The third-order valence-electron chi connectivity index (χ3n) is 2.76. The van der Waals surface area contributed by atoms with Crippen LogP contribution >= 0.6 is 0 Å². The molecule has 1 aromatic rings. The number of rotatable bonds is 3. The Hall–Kier alpha value is -1.46. The summed E-state index contributed by atoms with van der Waals surface area (Å²) in [6, 6.07) is 6.65. The molecule has 1 heterocycles. The Morgan fingerprint density at radius 1 is 1.69 bits per heavy atom. The van der Waals surface area contributed by atoms with Gasteiger partial charge in [-0.2, -0.15) is 0 Å². The van der Waals surface area contributed by atoms with Crippen molar-refractivity contribution in [1.29, 1.82) is 0 Å². The quantitative estimate of drug-likeness (QED) is 0.619. The lowest BCUT2D eigenvalue weighted by molar-refractivity contribution is -0.938. The molecule has 1 aromatic carbocycles. The van der Waals surface area contributed by atoms with Gasteiger partial charge in [-0.25, -0.2) is 4.39 Å². The molecular formula is C11H11FNO3. The summed E-state index contributed by atoms with van der Waals surface area (Å²) in [5, 5.41) is 20.6. The Bertz CT molecular complexity index is 415. The molecule has 0 aliphatic carbocycles. The second kappa shape index (κ2) is 3.84. The third kappa shape index (κ3) is 2.20. The molecule has 1 saturated heterocycles. The summed E-state index contributed by atoms with van der Waals surface area (Å²) in [6.45, 7) is 0.250. The van der Waals surface area contributed by atoms with Crippen LogP contribution in [0.15, 0.2) is 18.2 Å². The molecule has 2 rings (SSSR count). The predicted molar refractivity (Wildman–Crippen MR) is 53.4 cm³/mol. The fourth-order valence-corrected chi connectivity index (χ4v) is 1.95. The Morgan fingerprint density at radius 2 is 2.38 bits per heavy atom. The van der Waals surface area contributed by atoms with Crippen molar-refractivity contribution in [3.8, 4) is 0 Å². The van der Waals surface area contributed by atoms with Crippen molar-refractivity contribution in [2.45, 2.75) is 6.54 Å². The van der Waals surface area contributed by atoms with E-state index in [2.05, 4.69) is 6.07 Å². The molecule has 0 amide bonds. The van der Waals surface area contributed by atoms with Crippen LogP contribution in [0.5, 0.6) is 0 Å². The molecule has 4 nitrogen and oxygen atoms in total. The van der Waals surface area contributed by atoms with Gasteiger partial charge in [0.2, 0.25) is 0 Å². The second-order valence-corrected chi connectivity index (χ2v) is 4.16. The molecule has 0 unspecified atom stereocenters. The van der Waals surface area contributed by atoms with Crippen LogP contribution < -0.4 is 0 Å². The van der Waals surface area contributed by atoms with E-state index in [4.69, 9.17) is 5.11 Å². The highest BCUT2D eigenvalue weighted by atomic mass is 19.1. The van der Waals surface area contributed by atoms with Gasteiger partial charge in [-0.05, 0) is 6.07 Å². The average Bonchev–Trinajstić information content (AvgIpc) is 2.13. The molecule has 0 aromatic heterocycles. The van der Waals surface area contributed by atoms with Crippen molar-refractivity contribution >= 4 is 5.97 Å². The number of quaternary nitrogens is 1. The first kappa shape index (κ1) is 11.0. The number of likely N-dealkylation sites (tertiary alicyclic amines) is 1. The van der Waals surface area contributed by atoms with E-state index >= 15 is 0 Å². The third-order valence-corrected chi connectivity index (χ3v) is 2.76. The van der Waals surface area contributed by atoms with Crippen LogP contribution in [0.4, 0.5) is 4.39 Å². The summed E-state index contributed by atoms with van der Waals surface area (Å²) < 4.78 is 12.2. The molecule has 1 aliphatic heterocycles. The van der Waals surface area contributed by atoms with E-state index in [1.54, 1.807) is 6.07 Å². The number of halogens is 1. The fraction of sp³-hybridized carbons (Fsp3) is 0.364. The van der Waals surface area contributed by atoms with Gasteiger partial charge in [-0.15, -0.1) is 0 Å². The van der Waals surface area contributed by atoms with Crippen molar-refractivity contribution in [1.82, 2.24) is 0 Å². The summed E-state index contributed by atoms with van der Waals surface area (Å²) in [5.74, 6) is -1.99. The minimum absolute atomic E-state index is 0.0650. The van der Waals surface area contributed by atoms with Crippen LogP contribution in [-0.4, -0.2) is 28.8 Å². The number of carboxylic acid groups (broad SMARTS) is 1. The molecule has 0 bridgehead atoms. The lowest BCUT2D eigenvalue weighted by Crippen LogP contribution is -2.61. The van der Waals surface area contributed by atoms with E-state index in [-0.39, 0.29) is 19.6 Å². The van der Waals surface area contributed by atoms with Crippen molar-refractivity contribution in [2.24, 2.45) is 5.92 Å². The molecule has 85 valence electrons. The Kier molecular flexibility index (Phi) is 2.65. The molecule has 0 saturated carbocycles. The van der Waals surface area contributed by atoms with Gasteiger partial charge in [0, 0.05) is 11.6 Å². The number of benzene rings is 1. The standard InChI is InChI=1S/C11H11FNO3/c12-10-3-1-2-8(4-10)5-13(16)6-9(7-13)11(14)15/h1-2,4,9H,5-7H2,(H,14,15)/t9-,13+. The van der Waals surface area contributed by atoms with Crippen molar-refractivity contribution < 1.29 is 18.9 Å². The maximum Gasteiger partial charge on any atom is 0.318 e. The molecule has 0 atom stereocenters. The highest BCUT2D eigenvalue weighted by Crippen LogP contribution is 2.27. The topological polar surface area (TPSA) is 60.4 Å². The van der Waals surface area contributed by atoms with Gasteiger partial charge in [0.1, 0.15) is 12.4 Å². The Balaban J connectivity index is 1.99. The molecule has 1 aliphatic rings. The zero-order chi connectivity index (χ0) is 11.8. The van der Waals surface area contributed by atoms with Gasteiger partial charge in [0.15, 0.2) is 5.92 Å². The first-order valence-corrected chi connectivity index (χ1v) is 4.94. The lowest BCUT2D eigenvalue weighted by Gasteiger charge is -2.52. The van der Waals surface area contributed by atoms with Gasteiger partial charge >= 0.3 is 5.97 Å². The highest BCUT2D eigenvalue weighted by Gasteiger charge is 2.42. The predicted octanol–water partition coefficient (Wildman–Crippen LogP) is 1.15. The molecule has 1 radical (unpaired) electrons. The number of hydrogen-bond donors (Lipinski definition) is 1. The number of carbonyl (C=O) groups is 1. The van der Waals surface area contributed by atoms with E-state index in [1.807, 2.05) is 0 Å². The van der Waals surface area contributed by atoms with Crippen LogP contribution in [0, 0.1) is 23.0 Å². The van der Waals surface area contributed by atoms with E-state index in [9.17, 15) is 14.4 Å². The highest BCUT2D eigenvalue weighted by molar-refractivity contribution is 5.70. The van der Waals surface area contributed by atoms with Crippen LogP contribution in [0.3, 0.4) is 0 Å². The number of carboxylic acids is 1. The normalized spacial score (nSPS) is 28.5. The molecular weight excluding hydrogens is 213 g/mol. The minimum atomic E-state index is -0.933. The van der Waals surface area contributed by atoms with Gasteiger partial charge in [0.25, 0.3) is 0 Å². The lowest BCUT2D eigenvalue weighted by atomic mass is 9.98. The molecule has 0 spiro atoms. The molecule has 5 heteroatoms. The maximum absolute atomic E-state index is 12.8. The van der Waals surface area contributed by atoms with Crippen LogP contribution in [-0.2, 0) is 11.3 Å². The fourth-order valence-electron chi connectivity index (χ4n) is 1.95. The molecule has 16 heavy (non-hydrogen) atoms. The monoisotopic (exact) mass is 224 g/mol. The smallest absolute Gasteiger partial charge is 0.318 e. The molecule has 1 N–H and O–H groups in total. The van der Waals surface area contributed by atoms with Gasteiger partial charge < -0.3 is 15.0 Å². The van der Waals surface area contributed by atoms with Gasteiger partial charge in [0.05, 0.1) is 13.1 Å². The number of aliphatic carboxylic acids is 1. The minimum Gasteiger partial charge on any atom is -0.633 e. The zero-order valence-corrected chi connectivity index (χ0v) is 8.52. The number of hydrogen-bond acceptors (Lipinski definition) is 2. The average molecular weight is 224 g/mol. The first-order valence-electron chi connectivity index (χ1n) is 4.94. The Morgan fingerprint density at radius 3 is 2.94 bits per heavy atom. The zero-order valence-electron chi connectivity index (χ0n) is 8.52.